The first-order chi connectivity index (χ1) is 11.9. The molecule has 130 valence electrons. The van der Waals surface area contributed by atoms with Crippen molar-refractivity contribution in [2.24, 2.45) is 0 Å². The van der Waals surface area contributed by atoms with Gasteiger partial charge in [0.1, 0.15) is 5.82 Å². The van der Waals surface area contributed by atoms with Gasteiger partial charge in [-0.05, 0) is 12.1 Å². The molecule has 0 bridgehead atoms. The largest absolute Gasteiger partial charge is 0.419 e. The summed E-state index contributed by atoms with van der Waals surface area (Å²) in [6.45, 7) is 4.98. The van der Waals surface area contributed by atoms with Crippen LogP contribution in [0.15, 0.2) is 36.0 Å². The van der Waals surface area contributed by atoms with E-state index in [1.54, 1.807) is 6.07 Å². The third-order valence-electron chi connectivity index (χ3n) is 3.49. The lowest BCUT2D eigenvalue weighted by molar-refractivity contribution is -0.222. The van der Waals surface area contributed by atoms with Crippen molar-refractivity contribution >= 4 is 17.6 Å². The number of hydrogen-bond donors (Lipinski definition) is 2. The molecule has 8 nitrogen and oxygen atoms in total. The van der Waals surface area contributed by atoms with Crippen molar-refractivity contribution in [2.45, 2.75) is 33.0 Å². The molecule has 1 saturated heterocycles. The summed E-state index contributed by atoms with van der Waals surface area (Å²) in [6.07, 6.45) is 2.03. The predicted molar refractivity (Wildman–Crippen MR) is 89.2 cm³/mol. The fourth-order valence-corrected chi connectivity index (χ4v) is 2.26. The van der Waals surface area contributed by atoms with Crippen LogP contribution >= 0.6 is 0 Å². The maximum Gasteiger partial charge on any atom is 0.350 e. The minimum Gasteiger partial charge on any atom is -0.419 e. The van der Waals surface area contributed by atoms with Gasteiger partial charge < -0.3 is 14.8 Å². The van der Waals surface area contributed by atoms with Gasteiger partial charge in [-0.15, -0.1) is 0 Å². The van der Waals surface area contributed by atoms with E-state index in [9.17, 15) is 9.59 Å². The van der Waals surface area contributed by atoms with Crippen molar-refractivity contribution in [3.05, 3.63) is 41.9 Å². The van der Waals surface area contributed by atoms with E-state index in [0.717, 1.165) is 17.8 Å². The number of aryl methyl sites for hydroxylation is 1. The Morgan fingerprint density at radius 2 is 1.96 bits per heavy atom. The van der Waals surface area contributed by atoms with E-state index >= 15 is 0 Å². The Labute approximate surface area is 144 Å². The molecule has 1 aliphatic heterocycles. The second kappa shape index (κ2) is 6.39. The molecule has 1 aromatic heterocycles. The third-order valence-corrected chi connectivity index (χ3v) is 3.49. The van der Waals surface area contributed by atoms with Gasteiger partial charge in [0, 0.05) is 37.7 Å². The summed E-state index contributed by atoms with van der Waals surface area (Å²) in [5, 5.41) is 9.93. The Bertz CT molecular complexity index is 832. The Morgan fingerprint density at radius 3 is 2.60 bits per heavy atom. The Hall–Kier alpha value is -3.16. The quantitative estimate of drug-likeness (QED) is 0.498. The van der Waals surface area contributed by atoms with Crippen molar-refractivity contribution in [2.75, 3.05) is 5.32 Å². The standard InChI is InChI=1S/C17H18N4O4/c1-4-13-19-14(21-20-13)10-6-5-7-11(8-10)18-9-12-15(22)24-17(2,3)25-16(12)23/h5-9,18H,4H2,1-3H3,(H,19,20,21). The molecule has 25 heavy (non-hydrogen) atoms. The minimum atomic E-state index is -1.26. The monoisotopic (exact) mass is 342 g/mol. The molecule has 0 atom stereocenters. The molecule has 1 aromatic carbocycles. The number of nitrogens with one attached hydrogen (secondary N) is 2. The number of aromatic amines is 1. The second-order valence-electron chi connectivity index (χ2n) is 5.92. The first-order valence-corrected chi connectivity index (χ1v) is 7.83. The maximum absolute atomic E-state index is 11.9. The van der Waals surface area contributed by atoms with E-state index in [0.29, 0.717) is 11.5 Å². The number of carbonyl (C=O) groups is 2. The Morgan fingerprint density at radius 1 is 1.24 bits per heavy atom. The molecular weight excluding hydrogens is 324 g/mol. The molecule has 0 unspecified atom stereocenters. The third kappa shape index (κ3) is 3.68. The van der Waals surface area contributed by atoms with Gasteiger partial charge in [-0.25, -0.2) is 14.6 Å². The highest BCUT2D eigenvalue weighted by atomic mass is 16.7. The number of nitrogens with zero attached hydrogens (tertiary/aromatic N) is 2. The number of carbonyl (C=O) groups excluding carboxylic acids is 2. The first-order valence-electron chi connectivity index (χ1n) is 7.83. The molecule has 1 aliphatic rings. The lowest BCUT2D eigenvalue weighted by atomic mass is 10.2. The number of anilines is 1. The molecule has 0 radical (unpaired) electrons. The SMILES string of the molecule is CCc1nc(-c2cccc(NC=C3C(=O)OC(C)(C)OC3=O)c2)n[nH]1. The van der Waals surface area contributed by atoms with Gasteiger partial charge in [-0.1, -0.05) is 19.1 Å². The van der Waals surface area contributed by atoms with E-state index in [4.69, 9.17) is 9.47 Å². The van der Waals surface area contributed by atoms with Crippen molar-refractivity contribution < 1.29 is 19.1 Å². The number of rotatable bonds is 4. The topological polar surface area (TPSA) is 106 Å². The lowest BCUT2D eigenvalue weighted by Crippen LogP contribution is -2.42. The molecule has 3 rings (SSSR count). The van der Waals surface area contributed by atoms with Gasteiger partial charge in [0.25, 0.3) is 5.79 Å². The maximum atomic E-state index is 11.9. The Balaban J connectivity index is 1.78. The van der Waals surface area contributed by atoms with Crippen molar-refractivity contribution in [3.63, 3.8) is 0 Å². The van der Waals surface area contributed by atoms with Crippen LogP contribution in [0.25, 0.3) is 11.4 Å². The van der Waals surface area contributed by atoms with Crippen LogP contribution in [-0.2, 0) is 25.5 Å². The highest BCUT2D eigenvalue weighted by Gasteiger charge is 2.38. The molecule has 0 spiro atoms. The molecule has 0 amide bonds. The first kappa shape index (κ1) is 16.7. The van der Waals surface area contributed by atoms with E-state index < -0.39 is 17.7 Å². The summed E-state index contributed by atoms with van der Waals surface area (Å²) in [5.74, 6) is -1.34. The van der Waals surface area contributed by atoms with Crippen molar-refractivity contribution in [1.29, 1.82) is 0 Å². The number of H-pyrrole nitrogens is 1. The summed E-state index contributed by atoms with van der Waals surface area (Å²) in [7, 11) is 0. The minimum absolute atomic E-state index is 0.198. The fourth-order valence-electron chi connectivity index (χ4n) is 2.26. The summed E-state index contributed by atoms with van der Waals surface area (Å²) in [6, 6.07) is 7.28. The van der Waals surface area contributed by atoms with Crippen LogP contribution in [0.5, 0.6) is 0 Å². The zero-order chi connectivity index (χ0) is 18.0. The Kier molecular flexibility index (Phi) is 4.26. The molecule has 2 N–H and O–H groups in total. The molecule has 1 fully saturated rings. The van der Waals surface area contributed by atoms with Gasteiger partial charge in [0.05, 0.1) is 0 Å². The average Bonchev–Trinajstić information content (AvgIpc) is 3.02. The van der Waals surface area contributed by atoms with Crippen molar-refractivity contribution in [1.82, 2.24) is 15.2 Å². The normalized spacial score (nSPS) is 16.2. The van der Waals surface area contributed by atoms with Crippen LogP contribution in [0.2, 0.25) is 0 Å². The van der Waals surface area contributed by atoms with Gasteiger partial charge >= 0.3 is 11.9 Å². The fraction of sp³-hybridized carbons (Fsp3) is 0.294. The van der Waals surface area contributed by atoms with Gasteiger partial charge in [-0.3, -0.25) is 5.10 Å². The van der Waals surface area contributed by atoms with Crippen LogP contribution in [-0.4, -0.2) is 32.9 Å². The molecule has 0 aliphatic carbocycles. The van der Waals surface area contributed by atoms with Crippen LogP contribution in [0, 0.1) is 0 Å². The highest BCUT2D eigenvalue weighted by Crippen LogP contribution is 2.23. The average molecular weight is 342 g/mol. The second-order valence-corrected chi connectivity index (χ2v) is 5.92. The molecule has 2 heterocycles. The van der Waals surface area contributed by atoms with Crippen molar-refractivity contribution in [3.8, 4) is 11.4 Å². The molecular formula is C17H18N4O4. The van der Waals surface area contributed by atoms with E-state index in [-0.39, 0.29) is 5.57 Å². The molecule has 0 saturated carbocycles. The lowest BCUT2D eigenvalue weighted by Gasteiger charge is -2.29. The number of cyclic esters (lactones) is 2. The van der Waals surface area contributed by atoms with Crippen LogP contribution in [0.4, 0.5) is 5.69 Å². The van der Waals surface area contributed by atoms with E-state index in [1.807, 2.05) is 25.1 Å². The summed E-state index contributed by atoms with van der Waals surface area (Å²) in [5.41, 5.74) is 1.27. The van der Waals surface area contributed by atoms with Gasteiger partial charge in [-0.2, -0.15) is 5.10 Å². The zero-order valence-electron chi connectivity index (χ0n) is 14.1. The zero-order valence-corrected chi connectivity index (χ0v) is 14.1. The van der Waals surface area contributed by atoms with Crippen LogP contribution in [0.3, 0.4) is 0 Å². The van der Waals surface area contributed by atoms with Gasteiger partial charge in [0.2, 0.25) is 0 Å². The molecule has 2 aromatic rings. The smallest absolute Gasteiger partial charge is 0.350 e. The number of aromatic nitrogens is 3. The number of esters is 2. The van der Waals surface area contributed by atoms with E-state index in [2.05, 4.69) is 20.5 Å². The highest BCUT2D eigenvalue weighted by molar-refractivity contribution is 6.15. The van der Waals surface area contributed by atoms with E-state index in [1.165, 1.54) is 20.0 Å². The summed E-state index contributed by atoms with van der Waals surface area (Å²) < 4.78 is 10.1. The predicted octanol–water partition coefficient (Wildman–Crippen LogP) is 2.17. The van der Waals surface area contributed by atoms with Crippen LogP contribution < -0.4 is 5.32 Å². The number of ether oxygens (including phenoxy) is 2. The number of benzene rings is 1. The summed E-state index contributed by atoms with van der Waals surface area (Å²) >= 11 is 0. The van der Waals surface area contributed by atoms with Crippen LogP contribution in [0.1, 0.15) is 26.6 Å². The van der Waals surface area contributed by atoms with Gasteiger partial charge in [0.15, 0.2) is 11.4 Å². The molecule has 8 heteroatoms. The summed E-state index contributed by atoms with van der Waals surface area (Å²) in [4.78, 5) is 28.2. The number of hydrogen-bond acceptors (Lipinski definition) is 7.